The van der Waals surface area contributed by atoms with E-state index in [1.54, 1.807) is 6.92 Å². The molecular weight excluding hydrogens is 400 g/mol. The summed E-state index contributed by atoms with van der Waals surface area (Å²) >= 11 is 0. The second kappa shape index (κ2) is 9.20. The molecule has 2 aliphatic rings. The third-order valence-electron chi connectivity index (χ3n) is 6.09. The van der Waals surface area contributed by atoms with E-state index in [4.69, 9.17) is 4.74 Å². The molecular formula is C24H29F2N3O2. The molecule has 4 rings (SSSR count). The molecule has 2 saturated heterocycles. The first kappa shape index (κ1) is 21.5. The second-order valence-electron chi connectivity index (χ2n) is 8.64. The minimum absolute atomic E-state index is 0.0954. The van der Waals surface area contributed by atoms with E-state index < -0.39 is 11.6 Å². The number of carbonyl (C=O) groups is 1. The molecule has 0 saturated carbocycles. The molecule has 2 aliphatic heterocycles. The number of hydrogen-bond donors (Lipinski definition) is 0. The van der Waals surface area contributed by atoms with E-state index in [1.165, 1.54) is 0 Å². The molecule has 1 aromatic heterocycles. The lowest BCUT2D eigenvalue weighted by atomic mass is 9.96. The number of hydrogen-bond acceptors (Lipinski definition) is 5. The first-order chi connectivity index (χ1) is 14.9. The average Bonchev–Trinajstić information content (AvgIpc) is 3.40. The highest BCUT2D eigenvalue weighted by molar-refractivity contribution is 5.76. The number of carbonyl (C=O) groups excluding carboxylic acids is 1. The third-order valence-corrected chi connectivity index (χ3v) is 6.09. The van der Waals surface area contributed by atoms with Gasteiger partial charge in [0.2, 0.25) is 0 Å². The molecule has 0 unspecified atom stereocenters. The maximum Gasteiger partial charge on any atom is 0.168 e. The number of aromatic nitrogens is 1. The number of ether oxygens (including phenoxy) is 1. The Labute approximate surface area is 182 Å². The summed E-state index contributed by atoms with van der Waals surface area (Å²) in [5.41, 5.74) is 1.10. The highest BCUT2D eigenvalue weighted by Gasteiger charge is 2.29. The van der Waals surface area contributed by atoms with Crippen LogP contribution in [0.2, 0.25) is 0 Å². The van der Waals surface area contributed by atoms with Crippen LogP contribution in [0.3, 0.4) is 0 Å². The smallest absolute Gasteiger partial charge is 0.168 e. The van der Waals surface area contributed by atoms with Gasteiger partial charge < -0.3 is 19.3 Å². The van der Waals surface area contributed by atoms with Crippen molar-refractivity contribution in [3.63, 3.8) is 0 Å². The molecule has 31 heavy (non-hydrogen) atoms. The van der Waals surface area contributed by atoms with Crippen LogP contribution in [-0.4, -0.2) is 43.1 Å². The number of pyridine rings is 1. The number of ketones is 1. The molecule has 1 aromatic carbocycles. The summed E-state index contributed by atoms with van der Waals surface area (Å²) in [7, 11) is 0. The quantitative estimate of drug-likeness (QED) is 0.638. The van der Waals surface area contributed by atoms with Crippen molar-refractivity contribution in [1.29, 1.82) is 0 Å². The van der Waals surface area contributed by atoms with E-state index in [0.717, 1.165) is 49.7 Å². The van der Waals surface area contributed by atoms with Gasteiger partial charge in [-0.3, -0.25) is 0 Å². The topological polar surface area (TPSA) is 45.7 Å². The summed E-state index contributed by atoms with van der Waals surface area (Å²) in [6, 6.07) is 8.75. The van der Waals surface area contributed by atoms with E-state index in [2.05, 4.69) is 4.98 Å². The molecule has 2 fully saturated rings. The van der Waals surface area contributed by atoms with Gasteiger partial charge in [-0.15, -0.1) is 0 Å². The van der Waals surface area contributed by atoms with Crippen molar-refractivity contribution in [2.75, 3.05) is 36.0 Å². The Hall–Kier alpha value is -2.70. The lowest BCUT2D eigenvalue weighted by Crippen LogP contribution is -2.28. The Balaban J connectivity index is 1.40. The Morgan fingerprint density at radius 3 is 2.39 bits per heavy atom. The maximum atomic E-state index is 14.5. The molecule has 3 heterocycles. The zero-order valence-corrected chi connectivity index (χ0v) is 18.1. The fraction of sp³-hybridized carbons (Fsp3) is 0.500. The summed E-state index contributed by atoms with van der Waals surface area (Å²) in [5.74, 6) is 0.297. The maximum absolute atomic E-state index is 14.5. The average molecular weight is 430 g/mol. The highest BCUT2D eigenvalue weighted by Crippen LogP contribution is 2.30. The molecule has 5 nitrogen and oxygen atoms in total. The van der Waals surface area contributed by atoms with Crippen LogP contribution in [0.15, 0.2) is 30.3 Å². The summed E-state index contributed by atoms with van der Waals surface area (Å²) in [4.78, 5) is 19.4. The summed E-state index contributed by atoms with van der Waals surface area (Å²) < 4.78 is 34.9. The molecule has 0 aliphatic carbocycles. The monoisotopic (exact) mass is 429 g/mol. The number of anilines is 2. The van der Waals surface area contributed by atoms with E-state index >= 15 is 0 Å². The molecule has 0 radical (unpaired) electrons. The van der Waals surface area contributed by atoms with Gasteiger partial charge in [-0.25, -0.2) is 13.8 Å². The minimum atomic E-state index is -0.634. The number of nitrogens with zero attached hydrogens (tertiary/aromatic N) is 3. The van der Waals surface area contributed by atoms with Crippen LogP contribution in [0.5, 0.6) is 5.75 Å². The largest absolute Gasteiger partial charge is 0.489 e. The van der Waals surface area contributed by atoms with Crippen LogP contribution in [0.25, 0.3) is 0 Å². The zero-order valence-electron chi connectivity index (χ0n) is 18.1. The summed E-state index contributed by atoms with van der Waals surface area (Å²) in [6.45, 7) is 6.24. The van der Waals surface area contributed by atoms with E-state index in [9.17, 15) is 13.6 Å². The van der Waals surface area contributed by atoms with Crippen LogP contribution < -0.4 is 14.5 Å². The fourth-order valence-corrected chi connectivity index (χ4v) is 4.45. The van der Waals surface area contributed by atoms with Crippen molar-refractivity contribution in [2.24, 2.45) is 0 Å². The Kier molecular flexibility index (Phi) is 6.39. The fourth-order valence-electron chi connectivity index (χ4n) is 4.45. The summed E-state index contributed by atoms with van der Waals surface area (Å²) in [6.07, 6.45) is 3.16. The van der Waals surface area contributed by atoms with Gasteiger partial charge in [0.25, 0.3) is 0 Å². The van der Waals surface area contributed by atoms with Crippen LogP contribution in [0.1, 0.15) is 51.0 Å². The molecule has 7 heteroatoms. The van der Waals surface area contributed by atoms with Crippen molar-refractivity contribution in [3.05, 3.63) is 47.5 Å². The van der Waals surface area contributed by atoms with Gasteiger partial charge in [0.05, 0.1) is 6.54 Å². The van der Waals surface area contributed by atoms with Crippen molar-refractivity contribution < 1.29 is 18.3 Å². The summed E-state index contributed by atoms with van der Waals surface area (Å²) in [5, 5.41) is 0. The molecule has 0 amide bonds. The molecule has 2 atom stereocenters. The van der Waals surface area contributed by atoms with Crippen molar-refractivity contribution in [2.45, 2.75) is 51.6 Å². The Morgan fingerprint density at radius 1 is 1.10 bits per heavy atom. The van der Waals surface area contributed by atoms with Crippen molar-refractivity contribution in [3.8, 4) is 5.75 Å². The van der Waals surface area contributed by atoms with E-state index in [1.807, 2.05) is 41.0 Å². The first-order valence-corrected chi connectivity index (χ1v) is 11.0. The number of benzene rings is 1. The van der Waals surface area contributed by atoms with Crippen LogP contribution in [0, 0.1) is 11.6 Å². The Morgan fingerprint density at radius 2 is 1.74 bits per heavy atom. The van der Waals surface area contributed by atoms with Crippen LogP contribution in [-0.2, 0) is 4.79 Å². The molecule has 0 spiro atoms. The number of Topliss-reactive ketones (excluding diaryl/α,β-unsaturated/α-hetero) is 1. The highest BCUT2D eigenvalue weighted by atomic mass is 19.1. The normalized spacial score (nSPS) is 19.7. The molecule has 166 valence electrons. The lowest BCUT2D eigenvalue weighted by molar-refractivity contribution is -0.117. The molecule has 0 N–H and O–H groups in total. The SMILES string of the molecule is CC(=O)C[C@@H](C)c1ccc(O[C@@H]2CCN(c3nc(N4CCCC4)c(F)cc3F)C2)cc1. The second-order valence-corrected chi connectivity index (χ2v) is 8.64. The van der Waals surface area contributed by atoms with Crippen LogP contribution in [0.4, 0.5) is 20.4 Å². The van der Waals surface area contributed by atoms with Gasteiger partial charge in [0.1, 0.15) is 17.6 Å². The first-order valence-electron chi connectivity index (χ1n) is 11.0. The van der Waals surface area contributed by atoms with Crippen LogP contribution >= 0.6 is 0 Å². The van der Waals surface area contributed by atoms with Gasteiger partial charge in [0.15, 0.2) is 23.3 Å². The van der Waals surface area contributed by atoms with E-state index in [0.29, 0.717) is 19.5 Å². The standard InChI is InChI=1S/C24H29F2N3O2/c1-16(13-17(2)30)18-5-7-19(8-6-18)31-20-9-12-29(15-20)24-22(26)14-21(25)23(27-24)28-10-3-4-11-28/h5-8,14,16,20H,3-4,9-13,15H2,1-2H3/t16-,20-/m1/s1. The Bertz CT molecular complexity index is 929. The van der Waals surface area contributed by atoms with Crippen molar-refractivity contribution in [1.82, 2.24) is 4.98 Å². The third kappa shape index (κ3) is 4.97. The zero-order chi connectivity index (χ0) is 22.0. The van der Waals surface area contributed by atoms with Gasteiger partial charge in [-0.05, 0) is 43.4 Å². The number of halogens is 2. The van der Waals surface area contributed by atoms with Gasteiger partial charge in [-0.1, -0.05) is 19.1 Å². The lowest BCUT2D eigenvalue weighted by Gasteiger charge is -2.23. The predicted octanol–water partition coefficient (Wildman–Crippen LogP) is 4.70. The number of rotatable bonds is 7. The molecule has 0 bridgehead atoms. The van der Waals surface area contributed by atoms with Gasteiger partial charge in [0, 0.05) is 38.5 Å². The van der Waals surface area contributed by atoms with Gasteiger partial charge in [-0.2, -0.15) is 0 Å². The molecule has 2 aromatic rings. The minimum Gasteiger partial charge on any atom is -0.489 e. The predicted molar refractivity (Wildman–Crippen MR) is 117 cm³/mol. The van der Waals surface area contributed by atoms with E-state index in [-0.39, 0.29) is 29.4 Å². The van der Waals surface area contributed by atoms with Crippen molar-refractivity contribution >= 4 is 17.4 Å². The van der Waals surface area contributed by atoms with Gasteiger partial charge >= 0.3 is 0 Å².